The van der Waals surface area contributed by atoms with E-state index >= 15 is 0 Å². The molecule has 0 aromatic carbocycles. The Morgan fingerprint density at radius 3 is 0.818 bits per heavy atom. The maximum Gasteiger partial charge on any atom is 0.0114 e. The van der Waals surface area contributed by atoms with Gasteiger partial charge in [-0.05, 0) is 88.5 Å². The molecule has 4 heteroatoms. The molecule has 0 spiro atoms. The lowest BCUT2D eigenvalue weighted by atomic mass is 9.96. The molecule has 0 atom stereocenters. The molecule has 0 aromatic heterocycles. The third-order valence-electron chi connectivity index (χ3n) is 4.84. The van der Waals surface area contributed by atoms with Crippen LogP contribution in [0.4, 0.5) is 0 Å². The third kappa shape index (κ3) is 4.58. The van der Waals surface area contributed by atoms with Gasteiger partial charge < -0.3 is 22.9 Å². The lowest BCUT2D eigenvalue weighted by Gasteiger charge is -2.15. The fraction of sp³-hybridized carbons (Fsp3) is 0.556. The van der Waals surface area contributed by atoms with Gasteiger partial charge in [-0.2, -0.15) is 0 Å². The van der Waals surface area contributed by atoms with Crippen LogP contribution in [0.3, 0.4) is 0 Å². The molecule has 0 saturated carbocycles. The number of allylic oxidation sites excluding steroid dienone is 8. The number of hydrogen-bond donors (Lipinski definition) is 4. The summed E-state index contributed by atoms with van der Waals surface area (Å²) in [5, 5.41) is 0. The van der Waals surface area contributed by atoms with Gasteiger partial charge in [0.2, 0.25) is 0 Å². The molecular weight excluding hydrogens is 272 g/mol. The first-order valence-electron chi connectivity index (χ1n) is 8.07. The van der Waals surface area contributed by atoms with E-state index in [1.54, 1.807) is 0 Å². The van der Waals surface area contributed by atoms with Crippen molar-refractivity contribution in [3.8, 4) is 0 Å². The molecule has 124 valence electrons. The Kier molecular flexibility index (Phi) is 6.60. The predicted molar refractivity (Wildman–Crippen MR) is 95.3 cm³/mol. The van der Waals surface area contributed by atoms with Crippen molar-refractivity contribution >= 4 is 0 Å². The summed E-state index contributed by atoms with van der Waals surface area (Å²) in [6, 6.07) is 0. The van der Waals surface area contributed by atoms with Gasteiger partial charge in [-0.25, -0.2) is 0 Å². The molecule has 4 nitrogen and oxygen atoms in total. The largest absolute Gasteiger partial charge is 0.402 e. The van der Waals surface area contributed by atoms with Crippen LogP contribution in [0.15, 0.2) is 45.1 Å². The zero-order valence-corrected chi connectivity index (χ0v) is 14.6. The van der Waals surface area contributed by atoms with E-state index < -0.39 is 0 Å². The monoisotopic (exact) mass is 304 g/mol. The minimum atomic E-state index is 0.836. The average Bonchev–Trinajstić information content (AvgIpc) is 2.50. The SMILES string of the molecule is CC1=C(N)CCCC(N)=C(C)C(C)=C(N)CCCC(N)=C1C. The second kappa shape index (κ2) is 7.97. The zero-order chi connectivity index (χ0) is 16.9. The van der Waals surface area contributed by atoms with Crippen molar-refractivity contribution in [3.63, 3.8) is 0 Å². The van der Waals surface area contributed by atoms with Crippen LogP contribution in [-0.4, -0.2) is 0 Å². The minimum Gasteiger partial charge on any atom is -0.402 e. The highest BCUT2D eigenvalue weighted by Gasteiger charge is 2.09. The highest BCUT2D eigenvalue weighted by atomic mass is 14.6. The number of nitrogens with two attached hydrogens (primary N) is 4. The highest BCUT2D eigenvalue weighted by molar-refractivity contribution is 5.36. The summed E-state index contributed by atoms with van der Waals surface area (Å²) in [6.45, 7) is 8.19. The van der Waals surface area contributed by atoms with Crippen LogP contribution < -0.4 is 22.9 Å². The molecule has 0 fully saturated rings. The number of hydrogen-bond acceptors (Lipinski definition) is 4. The third-order valence-corrected chi connectivity index (χ3v) is 4.84. The molecule has 0 unspecified atom stereocenters. The van der Waals surface area contributed by atoms with Gasteiger partial charge in [0.25, 0.3) is 0 Å². The van der Waals surface area contributed by atoms with Gasteiger partial charge in [-0.15, -0.1) is 0 Å². The first kappa shape index (κ1) is 18.2. The Morgan fingerprint density at radius 2 is 0.636 bits per heavy atom. The quantitative estimate of drug-likeness (QED) is 0.551. The van der Waals surface area contributed by atoms with Crippen molar-refractivity contribution < 1.29 is 0 Å². The van der Waals surface area contributed by atoms with Crippen LogP contribution in [0, 0.1) is 0 Å². The van der Waals surface area contributed by atoms with Crippen LogP contribution >= 0.6 is 0 Å². The lowest BCUT2D eigenvalue weighted by molar-refractivity contribution is 0.759. The van der Waals surface area contributed by atoms with E-state index in [1.807, 2.05) is 27.7 Å². The zero-order valence-electron chi connectivity index (χ0n) is 14.6. The second-order valence-electron chi connectivity index (χ2n) is 6.31. The molecule has 0 radical (unpaired) electrons. The molecule has 0 saturated heterocycles. The molecule has 0 bridgehead atoms. The number of rotatable bonds is 0. The van der Waals surface area contributed by atoms with E-state index in [9.17, 15) is 0 Å². The van der Waals surface area contributed by atoms with E-state index in [4.69, 9.17) is 22.9 Å². The summed E-state index contributed by atoms with van der Waals surface area (Å²) in [6.07, 6.45) is 5.22. The molecule has 1 aliphatic rings. The first-order valence-corrected chi connectivity index (χ1v) is 8.07. The molecule has 1 rings (SSSR count). The average molecular weight is 304 g/mol. The van der Waals surface area contributed by atoms with Gasteiger partial charge in [0.05, 0.1) is 0 Å². The molecule has 22 heavy (non-hydrogen) atoms. The van der Waals surface area contributed by atoms with Crippen molar-refractivity contribution in [2.45, 2.75) is 66.2 Å². The Bertz CT molecular complexity index is 449. The van der Waals surface area contributed by atoms with Gasteiger partial charge in [-0.1, -0.05) is 0 Å². The van der Waals surface area contributed by atoms with Gasteiger partial charge >= 0.3 is 0 Å². The van der Waals surface area contributed by atoms with E-state index in [0.717, 1.165) is 83.6 Å². The van der Waals surface area contributed by atoms with Crippen LogP contribution in [0.1, 0.15) is 66.2 Å². The topological polar surface area (TPSA) is 104 Å². The summed E-state index contributed by atoms with van der Waals surface area (Å²) in [5.41, 5.74) is 32.9. The summed E-state index contributed by atoms with van der Waals surface area (Å²) >= 11 is 0. The summed E-state index contributed by atoms with van der Waals surface area (Å²) < 4.78 is 0. The molecule has 0 aliphatic heterocycles. The molecule has 0 heterocycles. The van der Waals surface area contributed by atoms with Gasteiger partial charge in [0.1, 0.15) is 0 Å². The van der Waals surface area contributed by atoms with Crippen LogP contribution in [-0.2, 0) is 0 Å². The van der Waals surface area contributed by atoms with Crippen molar-refractivity contribution in [1.29, 1.82) is 0 Å². The van der Waals surface area contributed by atoms with Gasteiger partial charge in [-0.3, -0.25) is 0 Å². The van der Waals surface area contributed by atoms with Crippen molar-refractivity contribution in [2.24, 2.45) is 22.9 Å². The van der Waals surface area contributed by atoms with E-state index in [1.165, 1.54) is 0 Å². The molecule has 0 amide bonds. The molecule has 0 aromatic rings. The standard InChI is InChI=1S/C18H32N4/c1-11-12(2)16(20)8-6-10-18(22)14(4)13(3)17(21)9-5-7-15(11)19/h5-10,19-22H2,1-4H3. The molecular formula is C18H32N4. The lowest BCUT2D eigenvalue weighted by Crippen LogP contribution is -2.11. The highest BCUT2D eigenvalue weighted by Crippen LogP contribution is 2.24. The van der Waals surface area contributed by atoms with Gasteiger partial charge in [0, 0.05) is 22.8 Å². The van der Waals surface area contributed by atoms with Crippen LogP contribution in [0.2, 0.25) is 0 Å². The Labute approximate surface area is 135 Å². The maximum atomic E-state index is 6.21. The second-order valence-corrected chi connectivity index (χ2v) is 6.31. The fourth-order valence-corrected chi connectivity index (χ4v) is 2.65. The van der Waals surface area contributed by atoms with E-state index in [2.05, 4.69) is 0 Å². The maximum absolute atomic E-state index is 6.21. The van der Waals surface area contributed by atoms with E-state index in [-0.39, 0.29) is 0 Å². The van der Waals surface area contributed by atoms with E-state index in [0.29, 0.717) is 0 Å². The molecule has 1 aliphatic carbocycles. The Morgan fingerprint density at radius 1 is 0.455 bits per heavy atom. The van der Waals surface area contributed by atoms with Crippen molar-refractivity contribution in [3.05, 3.63) is 45.1 Å². The Hall–Kier alpha value is -1.84. The van der Waals surface area contributed by atoms with Crippen molar-refractivity contribution in [2.75, 3.05) is 0 Å². The van der Waals surface area contributed by atoms with Crippen molar-refractivity contribution in [1.82, 2.24) is 0 Å². The summed E-state index contributed by atoms with van der Waals surface area (Å²) in [4.78, 5) is 0. The first-order chi connectivity index (χ1) is 10.3. The fourth-order valence-electron chi connectivity index (χ4n) is 2.65. The van der Waals surface area contributed by atoms with Crippen LogP contribution in [0.25, 0.3) is 0 Å². The normalized spacial score (nSPS) is 20.5. The smallest absolute Gasteiger partial charge is 0.0114 e. The summed E-state index contributed by atoms with van der Waals surface area (Å²) in [7, 11) is 0. The summed E-state index contributed by atoms with van der Waals surface area (Å²) in [5.74, 6) is 0. The molecule has 8 N–H and O–H groups in total. The predicted octanol–water partition coefficient (Wildman–Crippen LogP) is 3.27. The van der Waals surface area contributed by atoms with Gasteiger partial charge in [0.15, 0.2) is 0 Å². The Balaban J connectivity index is 3.14. The minimum absolute atomic E-state index is 0.836. The van der Waals surface area contributed by atoms with Crippen LogP contribution in [0.5, 0.6) is 0 Å².